The Morgan fingerprint density at radius 2 is 1.84 bits per heavy atom. The number of fused-ring (bicyclic) bond motifs is 1. The minimum absolute atomic E-state index is 0.866. The fourth-order valence-electron chi connectivity index (χ4n) is 1.98. The topological polar surface area (TPSA) is 27.1 Å². The van der Waals surface area contributed by atoms with Crippen LogP contribution < -0.4 is 4.74 Å². The van der Waals surface area contributed by atoms with Gasteiger partial charge in [-0.3, -0.25) is 0 Å². The van der Waals surface area contributed by atoms with E-state index in [0.29, 0.717) is 0 Å². The van der Waals surface area contributed by atoms with Crippen LogP contribution in [0.15, 0.2) is 54.9 Å². The zero-order valence-corrected chi connectivity index (χ0v) is 10.7. The molecule has 0 N–H and O–H groups in total. The highest BCUT2D eigenvalue weighted by atomic mass is 16.5. The van der Waals surface area contributed by atoms with Crippen LogP contribution >= 0.6 is 0 Å². The fraction of sp³-hybridized carbons (Fsp3) is 0.0625. The van der Waals surface area contributed by atoms with Crippen LogP contribution in [0, 0.1) is 0 Å². The summed E-state index contributed by atoms with van der Waals surface area (Å²) in [7, 11) is 1.67. The molecule has 3 heteroatoms. The van der Waals surface area contributed by atoms with Crippen molar-refractivity contribution in [2.75, 3.05) is 7.11 Å². The maximum Gasteiger partial charge on any atom is 0.118 e. The standard InChI is InChI=1S/C16H14N2O/c1-19-14-8-6-13(7-9-14)10-11-18-12-17-15-4-2-3-5-16(15)18/h2-12H,1H3/b11-10-. The van der Waals surface area contributed by atoms with Crippen LogP contribution in [-0.4, -0.2) is 16.7 Å². The normalized spacial score (nSPS) is 11.2. The molecule has 3 aromatic rings. The number of benzene rings is 2. The zero-order valence-electron chi connectivity index (χ0n) is 10.7. The van der Waals surface area contributed by atoms with Crippen LogP contribution in [0.25, 0.3) is 23.3 Å². The molecule has 3 rings (SSSR count). The van der Waals surface area contributed by atoms with Gasteiger partial charge in [0.25, 0.3) is 0 Å². The molecule has 1 aromatic heterocycles. The third kappa shape index (κ3) is 2.36. The first-order valence-electron chi connectivity index (χ1n) is 6.10. The Labute approximate surface area is 111 Å². The number of methoxy groups -OCH3 is 1. The largest absolute Gasteiger partial charge is 0.497 e. The Kier molecular flexibility index (Phi) is 3.02. The lowest BCUT2D eigenvalue weighted by Gasteiger charge is -1.99. The number of hydrogen-bond donors (Lipinski definition) is 0. The summed E-state index contributed by atoms with van der Waals surface area (Å²) in [5.41, 5.74) is 3.23. The summed E-state index contributed by atoms with van der Waals surface area (Å²) in [6.45, 7) is 0. The zero-order chi connectivity index (χ0) is 13.1. The molecule has 94 valence electrons. The fourth-order valence-corrected chi connectivity index (χ4v) is 1.98. The number of nitrogens with zero attached hydrogens (tertiary/aromatic N) is 2. The molecular weight excluding hydrogens is 236 g/mol. The first kappa shape index (κ1) is 11.5. The highest BCUT2D eigenvalue weighted by Crippen LogP contribution is 2.15. The van der Waals surface area contributed by atoms with Gasteiger partial charge in [-0.2, -0.15) is 0 Å². The highest BCUT2D eigenvalue weighted by Gasteiger charge is 1.97. The second-order valence-electron chi connectivity index (χ2n) is 4.23. The number of rotatable bonds is 3. The van der Waals surface area contributed by atoms with Crippen molar-refractivity contribution in [3.05, 3.63) is 60.4 Å². The summed E-state index contributed by atoms with van der Waals surface area (Å²) in [6, 6.07) is 16.0. The van der Waals surface area contributed by atoms with Crippen LogP contribution in [0.2, 0.25) is 0 Å². The van der Waals surface area contributed by atoms with E-state index in [-0.39, 0.29) is 0 Å². The van der Waals surface area contributed by atoms with Gasteiger partial charge < -0.3 is 9.30 Å². The van der Waals surface area contributed by atoms with E-state index in [4.69, 9.17) is 4.74 Å². The van der Waals surface area contributed by atoms with Crippen molar-refractivity contribution < 1.29 is 4.74 Å². The van der Waals surface area contributed by atoms with Crippen LogP contribution in [-0.2, 0) is 0 Å². The summed E-state index contributed by atoms with van der Waals surface area (Å²) in [4.78, 5) is 4.35. The molecule has 3 nitrogen and oxygen atoms in total. The number of aromatic nitrogens is 2. The molecular formula is C16H14N2O. The minimum atomic E-state index is 0.866. The van der Waals surface area contributed by atoms with Crippen molar-refractivity contribution in [1.29, 1.82) is 0 Å². The number of ether oxygens (including phenoxy) is 1. The average Bonchev–Trinajstić information content (AvgIpc) is 2.89. The SMILES string of the molecule is COc1ccc(/C=C\n2cnc3ccccc32)cc1. The van der Waals surface area contributed by atoms with Crippen molar-refractivity contribution in [1.82, 2.24) is 9.55 Å². The van der Waals surface area contributed by atoms with Gasteiger partial charge in [0.15, 0.2) is 0 Å². The second kappa shape index (κ2) is 4.98. The lowest BCUT2D eigenvalue weighted by molar-refractivity contribution is 0.415. The van der Waals surface area contributed by atoms with E-state index in [9.17, 15) is 0 Å². The Balaban J connectivity index is 1.89. The molecule has 0 bridgehead atoms. The first-order valence-corrected chi connectivity index (χ1v) is 6.10. The van der Waals surface area contributed by atoms with E-state index in [0.717, 1.165) is 22.3 Å². The van der Waals surface area contributed by atoms with Crippen molar-refractivity contribution in [2.45, 2.75) is 0 Å². The van der Waals surface area contributed by atoms with Crippen molar-refractivity contribution >= 4 is 23.3 Å². The lowest BCUT2D eigenvalue weighted by atomic mass is 10.2. The van der Waals surface area contributed by atoms with E-state index in [1.165, 1.54) is 0 Å². The summed E-state index contributed by atoms with van der Waals surface area (Å²) < 4.78 is 7.15. The van der Waals surface area contributed by atoms with Crippen LogP contribution in [0.4, 0.5) is 0 Å². The van der Waals surface area contributed by atoms with Crippen molar-refractivity contribution in [3.63, 3.8) is 0 Å². The summed E-state index contributed by atoms with van der Waals surface area (Å²) in [5, 5.41) is 0. The summed E-state index contributed by atoms with van der Waals surface area (Å²) >= 11 is 0. The Morgan fingerprint density at radius 3 is 2.63 bits per heavy atom. The molecule has 0 aliphatic rings. The van der Waals surface area contributed by atoms with Gasteiger partial charge in [0.1, 0.15) is 5.75 Å². The maximum atomic E-state index is 5.14. The Hall–Kier alpha value is -2.55. The monoisotopic (exact) mass is 250 g/mol. The van der Waals surface area contributed by atoms with Gasteiger partial charge in [0, 0.05) is 6.20 Å². The van der Waals surface area contributed by atoms with E-state index in [1.807, 2.05) is 65.6 Å². The number of imidazole rings is 1. The highest BCUT2D eigenvalue weighted by molar-refractivity contribution is 5.78. The molecule has 0 unspecified atom stereocenters. The molecule has 0 saturated heterocycles. The maximum absolute atomic E-state index is 5.14. The Morgan fingerprint density at radius 1 is 1.05 bits per heavy atom. The van der Waals surface area contributed by atoms with Crippen LogP contribution in [0.3, 0.4) is 0 Å². The smallest absolute Gasteiger partial charge is 0.118 e. The quantitative estimate of drug-likeness (QED) is 0.709. The second-order valence-corrected chi connectivity index (χ2v) is 4.23. The molecule has 1 heterocycles. The predicted molar refractivity (Wildman–Crippen MR) is 78.0 cm³/mol. The van der Waals surface area contributed by atoms with E-state index in [2.05, 4.69) is 11.1 Å². The van der Waals surface area contributed by atoms with Gasteiger partial charge in [0.2, 0.25) is 0 Å². The molecule has 0 spiro atoms. The van der Waals surface area contributed by atoms with Gasteiger partial charge >= 0.3 is 0 Å². The van der Waals surface area contributed by atoms with E-state index in [1.54, 1.807) is 7.11 Å². The average molecular weight is 250 g/mol. The van der Waals surface area contributed by atoms with Crippen LogP contribution in [0.1, 0.15) is 5.56 Å². The van der Waals surface area contributed by atoms with Crippen molar-refractivity contribution in [2.24, 2.45) is 0 Å². The van der Waals surface area contributed by atoms with Crippen LogP contribution in [0.5, 0.6) is 5.75 Å². The molecule has 19 heavy (non-hydrogen) atoms. The van der Waals surface area contributed by atoms with Crippen molar-refractivity contribution in [3.8, 4) is 5.75 Å². The van der Waals surface area contributed by atoms with Gasteiger partial charge in [-0.1, -0.05) is 24.3 Å². The molecule has 0 fully saturated rings. The molecule has 0 aliphatic heterocycles. The molecule has 0 amide bonds. The summed E-state index contributed by atoms with van der Waals surface area (Å²) in [5.74, 6) is 0.866. The van der Waals surface area contributed by atoms with E-state index < -0.39 is 0 Å². The molecule has 0 atom stereocenters. The third-order valence-electron chi connectivity index (χ3n) is 3.02. The third-order valence-corrected chi connectivity index (χ3v) is 3.02. The minimum Gasteiger partial charge on any atom is -0.497 e. The predicted octanol–water partition coefficient (Wildman–Crippen LogP) is 3.67. The van der Waals surface area contributed by atoms with Gasteiger partial charge in [-0.05, 0) is 35.9 Å². The van der Waals surface area contributed by atoms with Gasteiger partial charge in [-0.25, -0.2) is 4.98 Å². The Bertz CT molecular complexity index is 711. The van der Waals surface area contributed by atoms with Gasteiger partial charge in [0.05, 0.1) is 24.5 Å². The molecule has 0 aliphatic carbocycles. The lowest BCUT2D eigenvalue weighted by Crippen LogP contribution is -1.83. The number of hydrogen-bond acceptors (Lipinski definition) is 2. The first-order chi connectivity index (χ1) is 9.36. The molecule has 2 aromatic carbocycles. The number of para-hydroxylation sites is 2. The van der Waals surface area contributed by atoms with E-state index >= 15 is 0 Å². The molecule has 0 saturated carbocycles. The summed E-state index contributed by atoms with van der Waals surface area (Å²) in [6.07, 6.45) is 5.88. The van der Waals surface area contributed by atoms with Gasteiger partial charge in [-0.15, -0.1) is 0 Å². The molecule has 0 radical (unpaired) electrons.